The lowest BCUT2D eigenvalue weighted by atomic mass is 9.94. The van der Waals surface area contributed by atoms with Gasteiger partial charge in [-0.25, -0.2) is 0 Å². The lowest BCUT2D eigenvalue weighted by molar-refractivity contribution is -0.114. The Kier molecular flexibility index (Phi) is 4.46. The molecule has 1 aliphatic rings. The standard InChI is InChI=1S/C18H18O2/c1-13(2)14-8-10-16(11-9-14)18(20)12-17(19)15-6-4-3-5-7-15/h3-8,10-11H,9,12H2,1-2H3. The number of carbonyl (C=O) groups excluding carboxylic acids is 2. The first kappa shape index (κ1) is 14.2. The summed E-state index contributed by atoms with van der Waals surface area (Å²) in [5, 5.41) is 0. The van der Waals surface area contributed by atoms with E-state index in [0.717, 1.165) is 6.42 Å². The Balaban J connectivity index is 2.02. The van der Waals surface area contributed by atoms with Crippen LogP contribution in [0.3, 0.4) is 0 Å². The zero-order chi connectivity index (χ0) is 14.5. The molecule has 0 N–H and O–H groups in total. The Bertz CT molecular complexity index is 612. The van der Waals surface area contributed by atoms with Gasteiger partial charge in [-0.1, -0.05) is 54.1 Å². The molecule has 1 aromatic rings. The van der Waals surface area contributed by atoms with Crippen molar-refractivity contribution in [2.75, 3.05) is 0 Å². The maximum Gasteiger partial charge on any atom is 0.170 e. The van der Waals surface area contributed by atoms with Gasteiger partial charge in [-0.15, -0.1) is 0 Å². The zero-order valence-corrected chi connectivity index (χ0v) is 11.8. The molecule has 2 nitrogen and oxygen atoms in total. The van der Waals surface area contributed by atoms with Gasteiger partial charge in [-0.3, -0.25) is 9.59 Å². The van der Waals surface area contributed by atoms with Gasteiger partial charge in [0, 0.05) is 11.1 Å². The highest BCUT2D eigenvalue weighted by atomic mass is 16.1. The molecule has 102 valence electrons. The van der Waals surface area contributed by atoms with Gasteiger partial charge in [0.1, 0.15) is 0 Å². The molecule has 20 heavy (non-hydrogen) atoms. The van der Waals surface area contributed by atoms with Gasteiger partial charge in [0.05, 0.1) is 6.42 Å². The normalized spacial score (nSPS) is 13.9. The molecular formula is C18H18O2. The summed E-state index contributed by atoms with van der Waals surface area (Å²) in [7, 11) is 0. The van der Waals surface area contributed by atoms with Crippen LogP contribution in [-0.4, -0.2) is 11.6 Å². The Morgan fingerprint density at radius 3 is 2.25 bits per heavy atom. The number of hydrogen-bond acceptors (Lipinski definition) is 2. The van der Waals surface area contributed by atoms with Crippen LogP contribution in [-0.2, 0) is 4.79 Å². The van der Waals surface area contributed by atoms with Crippen LogP contribution in [0.15, 0.2) is 65.3 Å². The molecule has 1 aliphatic carbocycles. The molecule has 0 unspecified atom stereocenters. The van der Waals surface area contributed by atoms with E-state index in [1.807, 2.05) is 24.3 Å². The Hall–Kier alpha value is -2.22. The highest BCUT2D eigenvalue weighted by Crippen LogP contribution is 2.20. The molecule has 0 aliphatic heterocycles. The molecule has 0 atom stereocenters. The summed E-state index contributed by atoms with van der Waals surface area (Å²) < 4.78 is 0. The molecule has 0 aromatic heterocycles. The number of carbonyl (C=O) groups is 2. The molecule has 0 heterocycles. The summed E-state index contributed by atoms with van der Waals surface area (Å²) in [5.41, 5.74) is 3.71. The van der Waals surface area contributed by atoms with Crippen LogP contribution >= 0.6 is 0 Å². The Morgan fingerprint density at radius 2 is 1.70 bits per heavy atom. The van der Waals surface area contributed by atoms with E-state index >= 15 is 0 Å². The van der Waals surface area contributed by atoms with E-state index in [2.05, 4.69) is 13.8 Å². The lowest BCUT2D eigenvalue weighted by Gasteiger charge is -2.10. The van der Waals surface area contributed by atoms with E-state index in [0.29, 0.717) is 11.1 Å². The van der Waals surface area contributed by atoms with Crippen molar-refractivity contribution < 1.29 is 9.59 Å². The van der Waals surface area contributed by atoms with E-state index in [-0.39, 0.29) is 18.0 Å². The fourth-order valence-electron chi connectivity index (χ4n) is 2.10. The van der Waals surface area contributed by atoms with Crippen molar-refractivity contribution in [1.82, 2.24) is 0 Å². The highest BCUT2D eigenvalue weighted by Gasteiger charge is 2.15. The largest absolute Gasteiger partial charge is 0.294 e. The molecule has 0 spiro atoms. The molecule has 0 radical (unpaired) electrons. The fraction of sp³-hybridized carbons (Fsp3) is 0.222. The molecule has 0 bridgehead atoms. The number of Topliss-reactive ketones (excluding diaryl/α,β-unsaturated/α-hetero) is 2. The Labute approximate surface area is 119 Å². The summed E-state index contributed by atoms with van der Waals surface area (Å²) in [4.78, 5) is 24.1. The third-order valence-electron chi connectivity index (χ3n) is 3.39. The third kappa shape index (κ3) is 3.41. The van der Waals surface area contributed by atoms with Crippen molar-refractivity contribution in [1.29, 1.82) is 0 Å². The van der Waals surface area contributed by atoms with Gasteiger partial charge >= 0.3 is 0 Å². The zero-order valence-electron chi connectivity index (χ0n) is 11.8. The number of rotatable bonds is 4. The van der Waals surface area contributed by atoms with Crippen LogP contribution < -0.4 is 0 Å². The topological polar surface area (TPSA) is 34.1 Å². The molecule has 0 amide bonds. The first-order valence-corrected chi connectivity index (χ1v) is 6.74. The van der Waals surface area contributed by atoms with E-state index in [1.54, 1.807) is 24.3 Å². The fourth-order valence-corrected chi connectivity index (χ4v) is 2.10. The average Bonchev–Trinajstić information content (AvgIpc) is 2.48. The summed E-state index contributed by atoms with van der Waals surface area (Å²) in [5.74, 6) is -0.235. The second-order valence-corrected chi connectivity index (χ2v) is 5.11. The van der Waals surface area contributed by atoms with Gasteiger partial charge < -0.3 is 0 Å². The van der Waals surface area contributed by atoms with Crippen molar-refractivity contribution in [3.05, 3.63) is 70.8 Å². The average molecular weight is 266 g/mol. The minimum Gasteiger partial charge on any atom is -0.294 e. The first-order chi connectivity index (χ1) is 9.58. The number of hydrogen-bond donors (Lipinski definition) is 0. The molecule has 0 saturated carbocycles. The van der Waals surface area contributed by atoms with Gasteiger partial charge in [-0.05, 0) is 25.8 Å². The minimum atomic E-state index is -0.127. The summed E-state index contributed by atoms with van der Waals surface area (Å²) in [6, 6.07) is 8.94. The lowest BCUT2D eigenvalue weighted by Crippen LogP contribution is -2.10. The maximum atomic E-state index is 12.1. The van der Waals surface area contributed by atoms with Crippen molar-refractivity contribution in [2.45, 2.75) is 26.7 Å². The van der Waals surface area contributed by atoms with Gasteiger partial charge in [0.25, 0.3) is 0 Å². The number of benzene rings is 1. The van der Waals surface area contributed by atoms with Gasteiger partial charge in [-0.2, -0.15) is 0 Å². The minimum absolute atomic E-state index is 0.0651. The van der Waals surface area contributed by atoms with Crippen LogP contribution in [0, 0.1) is 0 Å². The third-order valence-corrected chi connectivity index (χ3v) is 3.39. The quantitative estimate of drug-likeness (QED) is 0.608. The van der Waals surface area contributed by atoms with Crippen molar-refractivity contribution in [2.24, 2.45) is 0 Å². The predicted octanol–water partition coefficient (Wildman–Crippen LogP) is 4.05. The molecular weight excluding hydrogens is 248 g/mol. The highest BCUT2D eigenvalue weighted by molar-refractivity contribution is 6.14. The molecule has 2 heteroatoms. The van der Waals surface area contributed by atoms with E-state index in [4.69, 9.17) is 0 Å². The monoisotopic (exact) mass is 266 g/mol. The number of allylic oxidation sites excluding steroid dienone is 6. The summed E-state index contributed by atoms with van der Waals surface area (Å²) in [6.45, 7) is 4.11. The smallest absolute Gasteiger partial charge is 0.170 e. The van der Waals surface area contributed by atoms with E-state index in [1.165, 1.54) is 11.1 Å². The van der Waals surface area contributed by atoms with Crippen molar-refractivity contribution in [3.8, 4) is 0 Å². The second-order valence-electron chi connectivity index (χ2n) is 5.11. The molecule has 1 aromatic carbocycles. The molecule has 0 fully saturated rings. The van der Waals surface area contributed by atoms with Crippen LogP contribution in [0.5, 0.6) is 0 Å². The van der Waals surface area contributed by atoms with Crippen LogP contribution in [0.2, 0.25) is 0 Å². The first-order valence-electron chi connectivity index (χ1n) is 6.74. The van der Waals surface area contributed by atoms with Crippen molar-refractivity contribution >= 4 is 11.6 Å². The van der Waals surface area contributed by atoms with Crippen LogP contribution in [0.4, 0.5) is 0 Å². The molecule has 0 saturated heterocycles. The number of ketones is 2. The van der Waals surface area contributed by atoms with E-state index in [9.17, 15) is 9.59 Å². The predicted molar refractivity (Wildman–Crippen MR) is 80.6 cm³/mol. The second kappa shape index (κ2) is 6.29. The van der Waals surface area contributed by atoms with Crippen LogP contribution in [0.25, 0.3) is 0 Å². The Morgan fingerprint density at radius 1 is 1.00 bits per heavy atom. The SMILES string of the molecule is CC(C)=C1C=CC(C(=O)CC(=O)c2ccccc2)=CC1. The van der Waals surface area contributed by atoms with Gasteiger partial charge in [0.15, 0.2) is 11.6 Å². The maximum absolute atomic E-state index is 12.1. The molecule has 2 rings (SSSR count). The van der Waals surface area contributed by atoms with Crippen LogP contribution in [0.1, 0.15) is 37.0 Å². The summed E-state index contributed by atoms with van der Waals surface area (Å²) in [6.07, 6.45) is 6.38. The van der Waals surface area contributed by atoms with Crippen molar-refractivity contribution in [3.63, 3.8) is 0 Å². The summed E-state index contributed by atoms with van der Waals surface area (Å²) >= 11 is 0. The van der Waals surface area contributed by atoms with Gasteiger partial charge in [0.2, 0.25) is 0 Å². The van der Waals surface area contributed by atoms with E-state index < -0.39 is 0 Å².